The van der Waals surface area contributed by atoms with E-state index in [1.54, 1.807) is 7.11 Å². The van der Waals surface area contributed by atoms with E-state index in [1.165, 1.54) is 16.7 Å². The van der Waals surface area contributed by atoms with E-state index in [2.05, 4.69) is 100 Å². The summed E-state index contributed by atoms with van der Waals surface area (Å²) in [5.41, 5.74) is 4.07. The highest BCUT2D eigenvalue weighted by atomic mass is 16.5. The summed E-state index contributed by atoms with van der Waals surface area (Å²) < 4.78 is 5.66. The molecule has 0 amide bonds. The van der Waals surface area contributed by atoms with Crippen molar-refractivity contribution in [3.63, 3.8) is 0 Å². The second-order valence-corrected chi connectivity index (χ2v) is 8.97. The van der Waals surface area contributed by atoms with Crippen molar-refractivity contribution in [2.24, 2.45) is 0 Å². The summed E-state index contributed by atoms with van der Waals surface area (Å²) in [4.78, 5) is 5.41. The second-order valence-electron chi connectivity index (χ2n) is 8.97. The summed E-state index contributed by atoms with van der Waals surface area (Å²) in [5.74, 6) is 1.33. The van der Waals surface area contributed by atoms with Crippen LogP contribution >= 0.6 is 0 Å². The number of nitrogens with one attached hydrogen (secondary N) is 1. The van der Waals surface area contributed by atoms with Gasteiger partial charge in [0.25, 0.3) is 0 Å². The average molecular weight is 428 g/mol. The molecule has 0 saturated carbocycles. The number of nitrogens with zero attached hydrogens (tertiary/aromatic N) is 2. The lowest BCUT2D eigenvalue weighted by Crippen LogP contribution is -2.66. The Hall–Kier alpha value is -2.66. The first-order chi connectivity index (χ1) is 15.8. The molecule has 0 aliphatic carbocycles. The SMILES string of the molecule is COc1ccccc1CN1CC2CNCCN2C(C(c2ccccc2)c2ccccc2)C1. The van der Waals surface area contributed by atoms with Gasteiger partial charge in [0.2, 0.25) is 0 Å². The minimum atomic E-state index is 0.346. The smallest absolute Gasteiger partial charge is 0.123 e. The van der Waals surface area contributed by atoms with Gasteiger partial charge in [-0.1, -0.05) is 78.9 Å². The summed E-state index contributed by atoms with van der Waals surface area (Å²) in [5, 5.41) is 3.64. The van der Waals surface area contributed by atoms with Gasteiger partial charge in [-0.2, -0.15) is 0 Å². The van der Waals surface area contributed by atoms with E-state index in [1.807, 2.05) is 0 Å². The molecule has 3 aromatic carbocycles. The van der Waals surface area contributed by atoms with Crippen LogP contribution in [0.25, 0.3) is 0 Å². The molecule has 4 heteroatoms. The molecule has 0 radical (unpaired) electrons. The number of hydrogen-bond donors (Lipinski definition) is 1. The quantitative estimate of drug-likeness (QED) is 0.644. The topological polar surface area (TPSA) is 27.7 Å². The van der Waals surface area contributed by atoms with E-state index in [4.69, 9.17) is 4.74 Å². The van der Waals surface area contributed by atoms with E-state index in [9.17, 15) is 0 Å². The van der Waals surface area contributed by atoms with Gasteiger partial charge in [-0.05, 0) is 17.2 Å². The summed E-state index contributed by atoms with van der Waals surface area (Å²) in [6, 6.07) is 31.5. The number of fused-ring (bicyclic) bond motifs is 1. The molecule has 1 N–H and O–H groups in total. The largest absolute Gasteiger partial charge is 0.496 e. The minimum Gasteiger partial charge on any atom is -0.496 e. The van der Waals surface area contributed by atoms with Crippen LogP contribution in [-0.2, 0) is 6.54 Å². The van der Waals surface area contributed by atoms with Crippen LogP contribution in [0.15, 0.2) is 84.9 Å². The zero-order valence-corrected chi connectivity index (χ0v) is 18.9. The van der Waals surface area contributed by atoms with E-state index in [-0.39, 0.29) is 0 Å². The molecule has 32 heavy (non-hydrogen) atoms. The number of rotatable bonds is 6. The summed E-state index contributed by atoms with van der Waals surface area (Å²) in [6.45, 7) is 6.26. The van der Waals surface area contributed by atoms with Crippen molar-refractivity contribution in [1.29, 1.82) is 0 Å². The molecule has 2 heterocycles. The predicted octanol–water partition coefficient (Wildman–Crippen LogP) is 3.99. The normalized spacial score (nSPS) is 21.9. The van der Waals surface area contributed by atoms with Crippen molar-refractivity contribution in [3.05, 3.63) is 102 Å². The van der Waals surface area contributed by atoms with Gasteiger partial charge >= 0.3 is 0 Å². The Balaban J connectivity index is 1.50. The third-order valence-electron chi connectivity index (χ3n) is 7.02. The van der Waals surface area contributed by atoms with Gasteiger partial charge in [0.05, 0.1) is 7.11 Å². The van der Waals surface area contributed by atoms with Crippen LogP contribution in [0.4, 0.5) is 0 Å². The number of benzene rings is 3. The van der Waals surface area contributed by atoms with Gasteiger partial charge in [-0.3, -0.25) is 9.80 Å². The zero-order chi connectivity index (χ0) is 21.8. The molecular weight excluding hydrogens is 394 g/mol. The van der Waals surface area contributed by atoms with Crippen LogP contribution in [0, 0.1) is 0 Å². The summed E-state index contributed by atoms with van der Waals surface area (Å²) in [7, 11) is 1.77. The van der Waals surface area contributed by atoms with Gasteiger partial charge in [0.15, 0.2) is 0 Å². The van der Waals surface area contributed by atoms with E-state index in [0.29, 0.717) is 18.0 Å². The summed E-state index contributed by atoms with van der Waals surface area (Å²) >= 11 is 0. The number of ether oxygens (including phenoxy) is 1. The van der Waals surface area contributed by atoms with E-state index in [0.717, 1.165) is 45.0 Å². The Bertz CT molecular complexity index is 954. The first-order valence-electron chi connectivity index (χ1n) is 11.7. The van der Waals surface area contributed by atoms with Crippen LogP contribution < -0.4 is 10.1 Å². The molecule has 4 nitrogen and oxygen atoms in total. The fraction of sp³-hybridized carbons (Fsp3) is 0.357. The minimum absolute atomic E-state index is 0.346. The maximum Gasteiger partial charge on any atom is 0.123 e. The Morgan fingerprint density at radius 3 is 2.22 bits per heavy atom. The lowest BCUT2D eigenvalue weighted by Gasteiger charge is -2.52. The predicted molar refractivity (Wildman–Crippen MR) is 130 cm³/mol. The molecule has 2 unspecified atom stereocenters. The average Bonchev–Trinajstić information content (AvgIpc) is 2.86. The standard InChI is InChI=1S/C28H33N3O/c1-32-27-15-9-8-14-24(27)19-30-20-25-18-29-16-17-31(25)26(21-30)28(22-10-4-2-5-11-22)23-12-6-3-7-13-23/h2-15,25-26,28-29H,16-21H2,1H3. The van der Waals surface area contributed by atoms with Gasteiger partial charge in [-0.15, -0.1) is 0 Å². The molecule has 5 rings (SSSR count). The van der Waals surface area contributed by atoms with Gasteiger partial charge < -0.3 is 10.1 Å². The maximum absolute atomic E-state index is 5.66. The third-order valence-corrected chi connectivity index (χ3v) is 7.02. The lowest BCUT2D eigenvalue weighted by molar-refractivity contribution is -0.000633. The van der Waals surface area contributed by atoms with Crippen molar-refractivity contribution in [2.75, 3.05) is 39.8 Å². The van der Waals surface area contributed by atoms with Crippen molar-refractivity contribution in [1.82, 2.24) is 15.1 Å². The molecule has 3 aromatic rings. The van der Waals surface area contributed by atoms with Crippen molar-refractivity contribution < 1.29 is 4.74 Å². The molecule has 2 aliphatic rings. The summed E-state index contributed by atoms with van der Waals surface area (Å²) in [6.07, 6.45) is 0. The number of methoxy groups -OCH3 is 1. The Kier molecular flexibility index (Phi) is 6.54. The first kappa shape index (κ1) is 21.2. The monoisotopic (exact) mass is 427 g/mol. The lowest BCUT2D eigenvalue weighted by atomic mass is 9.81. The second kappa shape index (κ2) is 9.86. The van der Waals surface area contributed by atoms with Crippen LogP contribution in [0.3, 0.4) is 0 Å². The molecule has 2 atom stereocenters. The molecule has 0 bridgehead atoms. The highest BCUT2D eigenvalue weighted by molar-refractivity contribution is 5.36. The van der Waals surface area contributed by atoms with E-state index < -0.39 is 0 Å². The van der Waals surface area contributed by atoms with Crippen LogP contribution in [0.1, 0.15) is 22.6 Å². The Labute approximate surface area is 191 Å². The first-order valence-corrected chi connectivity index (χ1v) is 11.7. The fourth-order valence-corrected chi connectivity index (χ4v) is 5.58. The highest BCUT2D eigenvalue weighted by Gasteiger charge is 2.40. The van der Waals surface area contributed by atoms with Crippen molar-refractivity contribution >= 4 is 0 Å². The molecule has 0 aromatic heterocycles. The molecule has 2 aliphatic heterocycles. The van der Waals surface area contributed by atoms with Crippen molar-refractivity contribution in [2.45, 2.75) is 24.5 Å². The van der Waals surface area contributed by atoms with Crippen LogP contribution in [-0.4, -0.2) is 61.7 Å². The van der Waals surface area contributed by atoms with Crippen LogP contribution in [0.2, 0.25) is 0 Å². The molecule has 2 saturated heterocycles. The van der Waals surface area contributed by atoms with Crippen molar-refractivity contribution in [3.8, 4) is 5.75 Å². The molecular formula is C28H33N3O. The molecule has 0 spiro atoms. The fourth-order valence-electron chi connectivity index (χ4n) is 5.58. The van der Waals surface area contributed by atoms with E-state index >= 15 is 0 Å². The van der Waals surface area contributed by atoms with Crippen LogP contribution in [0.5, 0.6) is 5.75 Å². The Morgan fingerprint density at radius 2 is 1.53 bits per heavy atom. The third kappa shape index (κ3) is 4.44. The number of piperazine rings is 2. The zero-order valence-electron chi connectivity index (χ0n) is 18.9. The number of para-hydroxylation sites is 1. The highest BCUT2D eigenvalue weighted by Crippen LogP contribution is 2.35. The maximum atomic E-state index is 5.66. The molecule has 2 fully saturated rings. The number of hydrogen-bond acceptors (Lipinski definition) is 4. The Morgan fingerprint density at radius 1 is 0.875 bits per heavy atom. The van der Waals surface area contributed by atoms with Gasteiger partial charge in [-0.25, -0.2) is 0 Å². The molecule has 166 valence electrons. The van der Waals surface area contributed by atoms with Gasteiger partial charge in [0.1, 0.15) is 5.75 Å². The van der Waals surface area contributed by atoms with Gasteiger partial charge in [0, 0.05) is 62.8 Å².